The van der Waals surface area contributed by atoms with E-state index in [1.54, 1.807) is 6.92 Å². The molecule has 0 aliphatic carbocycles. The maximum Gasteiger partial charge on any atom is 0.390 e. The van der Waals surface area contributed by atoms with Gasteiger partial charge in [0.15, 0.2) is 0 Å². The van der Waals surface area contributed by atoms with Gasteiger partial charge in [0.25, 0.3) is 0 Å². The van der Waals surface area contributed by atoms with Crippen molar-refractivity contribution in [2.24, 2.45) is 5.84 Å². The standard InChI is InChI=1S/C8H12F3N5/c1-5-4-6(15-7(14-5)16-12)13-3-2-8(9,10)11/h4H,2-3,12H2,1H3,(H2,13,14,15,16). The first kappa shape index (κ1) is 12.5. The molecule has 0 unspecified atom stereocenters. The largest absolute Gasteiger partial charge is 0.390 e. The van der Waals surface area contributed by atoms with Crippen LogP contribution in [0.15, 0.2) is 6.07 Å². The van der Waals surface area contributed by atoms with E-state index >= 15 is 0 Å². The number of aromatic nitrogens is 2. The van der Waals surface area contributed by atoms with Crippen molar-refractivity contribution in [3.8, 4) is 0 Å². The number of alkyl halides is 3. The lowest BCUT2D eigenvalue weighted by molar-refractivity contribution is -0.131. The van der Waals surface area contributed by atoms with Crippen LogP contribution in [-0.4, -0.2) is 22.7 Å². The molecule has 0 bridgehead atoms. The van der Waals surface area contributed by atoms with Crippen molar-refractivity contribution in [2.45, 2.75) is 19.5 Å². The van der Waals surface area contributed by atoms with Crippen LogP contribution in [0.4, 0.5) is 24.9 Å². The molecule has 0 fully saturated rings. The first-order valence-corrected chi connectivity index (χ1v) is 4.53. The number of aryl methyl sites for hydroxylation is 1. The summed E-state index contributed by atoms with van der Waals surface area (Å²) >= 11 is 0. The predicted octanol–water partition coefficient (Wildman–Crippen LogP) is 1.43. The van der Waals surface area contributed by atoms with Crippen LogP contribution in [0.3, 0.4) is 0 Å². The maximum atomic E-state index is 11.9. The van der Waals surface area contributed by atoms with Crippen molar-refractivity contribution in [1.82, 2.24) is 9.97 Å². The smallest absolute Gasteiger partial charge is 0.370 e. The second-order valence-corrected chi connectivity index (χ2v) is 3.15. The van der Waals surface area contributed by atoms with Gasteiger partial charge in [-0.1, -0.05) is 0 Å². The van der Waals surface area contributed by atoms with Gasteiger partial charge in [-0.15, -0.1) is 0 Å². The molecule has 0 aliphatic heterocycles. The number of halogens is 3. The second-order valence-electron chi connectivity index (χ2n) is 3.15. The summed E-state index contributed by atoms with van der Waals surface area (Å²) in [5.74, 6) is 5.57. The molecule has 16 heavy (non-hydrogen) atoms. The number of nitrogen functional groups attached to an aromatic ring is 1. The third-order valence-electron chi connectivity index (χ3n) is 1.70. The van der Waals surface area contributed by atoms with Crippen molar-refractivity contribution in [3.05, 3.63) is 11.8 Å². The zero-order valence-electron chi connectivity index (χ0n) is 8.60. The highest BCUT2D eigenvalue weighted by molar-refractivity contribution is 5.41. The fraction of sp³-hybridized carbons (Fsp3) is 0.500. The molecular weight excluding hydrogens is 223 g/mol. The Morgan fingerprint density at radius 3 is 2.62 bits per heavy atom. The molecule has 0 atom stereocenters. The maximum absolute atomic E-state index is 11.9. The Labute approximate surface area is 90.2 Å². The Kier molecular flexibility index (Phi) is 3.88. The number of anilines is 2. The molecule has 1 aromatic rings. The topological polar surface area (TPSA) is 75.9 Å². The van der Waals surface area contributed by atoms with Crippen LogP contribution in [0, 0.1) is 6.92 Å². The molecule has 90 valence electrons. The van der Waals surface area contributed by atoms with Gasteiger partial charge in [0.2, 0.25) is 5.95 Å². The van der Waals surface area contributed by atoms with Gasteiger partial charge in [-0.2, -0.15) is 18.2 Å². The lowest BCUT2D eigenvalue weighted by atomic mass is 10.4. The van der Waals surface area contributed by atoms with Gasteiger partial charge in [0.05, 0.1) is 6.42 Å². The number of hydrogen-bond donors (Lipinski definition) is 3. The minimum absolute atomic E-state index is 0.162. The van der Waals surface area contributed by atoms with Gasteiger partial charge in [-0.05, 0) is 6.92 Å². The van der Waals surface area contributed by atoms with Crippen LogP contribution in [0.1, 0.15) is 12.1 Å². The van der Waals surface area contributed by atoms with Gasteiger partial charge in [0.1, 0.15) is 5.82 Å². The van der Waals surface area contributed by atoms with Gasteiger partial charge in [-0.25, -0.2) is 10.8 Å². The summed E-state index contributed by atoms with van der Waals surface area (Å²) in [5.41, 5.74) is 2.84. The van der Waals surface area contributed by atoms with Crippen LogP contribution in [-0.2, 0) is 0 Å². The van der Waals surface area contributed by atoms with Gasteiger partial charge in [-0.3, -0.25) is 5.43 Å². The first-order chi connectivity index (χ1) is 7.40. The van der Waals surface area contributed by atoms with Crippen molar-refractivity contribution in [1.29, 1.82) is 0 Å². The molecular formula is C8H12F3N5. The Morgan fingerprint density at radius 2 is 2.06 bits per heavy atom. The first-order valence-electron chi connectivity index (χ1n) is 4.53. The minimum Gasteiger partial charge on any atom is -0.370 e. The minimum atomic E-state index is -4.18. The number of nitrogens with two attached hydrogens (primary N) is 1. The van der Waals surface area contributed by atoms with Crippen LogP contribution < -0.4 is 16.6 Å². The average Bonchev–Trinajstić information content (AvgIpc) is 2.14. The van der Waals surface area contributed by atoms with Crippen LogP contribution in [0.25, 0.3) is 0 Å². The monoisotopic (exact) mass is 235 g/mol. The van der Waals surface area contributed by atoms with Gasteiger partial charge >= 0.3 is 6.18 Å². The normalized spacial score (nSPS) is 11.3. The fourth-order valence-electron chi connectivity index (χ4n) is 1.06. The van der Waals surface area contributed by atoms with E-state index < -0.39 is 12.6 Å². The lowest BCUT2D eigenvalue weighted by Crippen LogP contribution is -2.16. The van der Waals surface area contributed by atoms with E-state index in [4.69, 9.17) is 5.84 Å². The summed E-state index contributed by atoms with van der Waals surface area (Å²) < 4.78 is 35.6. The summed E-state index contributed by atoms with van der Waals surface area (Å²) in [6, 6.07) is 1.54. The summed E-state index contributed by atoms with van der Waals surface area (Å²) in [6.07, 6.45) is -5.09. The van der Waals surface area contributed by atoms with E-state index in [1.165, 1.54) is 6.07 Å². The summed E-state index contributed by atoms with van der Waals surface area (Å²) in [5, 5.41) is 2.55. The molecule has 4 N–H and O–H groups in total. The van der Waals surface area contributed by atoms with Crippen molar-refractivity contribution in [2.75, 3.05) is 17.3 Å². The molecule has 1 rings (SSSR count). The summed E-state index contributed by atoms with van der Waals surface area (Å²) in [4.78, 5) is 7.75. The highest BCUT2D eigenvalue weighted by atomic mass is 19.4. The molecule has 0 saturated carbocycles. The highest BCUT2D eigenvalue weighted by Crippen LogP contribution is 2.19. The fourth-order valence-corrected chi connectivity index (χ4v) is 1.06. The molecule has 8 heteroatoms. The van der Waals surface area contributed by atoms with E-state index in [0.717, 1.165) is 0 Å². The van der Waals surface area contributed by atoms with Gasteiger partial charge in [0, 0.05) is 18.3 Å². The predicted molar refractivity (Wildman–Crippen MR) is 53.7 cm³/mol. The average molecular weight is 235 g/mol. The molecule has 0 aromatic carbocycles. The molecule has 0 radical (unpaired) electrons. The Balaban J connectivity index is 2.57. The zero-order chi connectivity index (χ0) is 12.2. The second kappa shape index (κ2) is 4.97. The van der Waals surface area contributed by atoms with E-state index in [2.05, 4.69) is 20.7 Å². The lowest BCUT2D eigenvalue weighted by Gasteiger charge is -2.09. The van der Waals surface area contributed by atoms with Crippen LogP contribution in [0.2, 0.25) is 0 Å². The molecule has 0 spiro atoms. The molecule has 1 heterocycles. The Morgan fingerprint density at radius 1 is 1.38 bits per heavy atom. The van der Waals surface area contributed by atoms with E-state index in [0.29, 0.717) is 11.5 Å². The van der Waals surface area contributed by atoms with Crippen LogP contribution in [0.5, 0.6) is 0 Å². The molecule has 0 saturated heterocycles. The molecule has 5 nitrogen and oxygen atoms in total. The molecule has 0 aliphatic rings. The number of rotatable bonds is 4. The number of hydrogen-bond acceptors (Lipinski definition) is 5. The molecule has 1 aromatic heterocycles. The third kappa shape index (κ3) is 4.30. The number of nitrogens with zero attached hydrogens (tertiary/aromatic N) is 2. The summed E-state index contributed by atoms with van der Waals surface area (Å²) in [6.45, 7) is 1.46. The Bertz CT molecular complexity index is 352. The number of hydrazine groups is 1. The van der Waals surface area contributed by atoms with E-state index in [-0.39, 0.29) is 12.5 Å². The van der Waals surface area contributed by atoms with Crippen LogP contribution >= 0.6 is 0 Å². The van der Waals surface area contributed by atoms with Crippen molar-refractivity contribution in [3.63, 3.8) is 0 Å². The summed E-state index contributed by atoms with van der Waals surface area (Å²) in [7, 11) is 0. The van der Waals surface area contributed by atoms with Crippen molar-refractivity contribution >= 4 is 11.8 Å². The highest BCUT2D eigenvalue weighted by Gasteiger charge is 2.26. The third-order valence-corrected chi connectivity index (χ3v) is 1.70. The number of nitrogens with one attached hydrogen (secondary N) is 2. The quantitative estimate of drug-likeness (QED) is 0.543. The van der Waals surface area contributed by atoms with E-state index in [1.807, 2.05) is 0 Å². The SMILES string of the molecule is Cc1cc(NCCC(F)(F)F)nc(NN)n1. The molecule has 0 amide bonds. The van der Waals surface area contributed by atoms with E-state index in [9.17, 15) is 13.2 Å². The van der Waals surface area contributed by atoms with Gasteiger partial charge < -0.3 is 5.32 Å². The Hall–Kier alpha value is -1.57. The zero-order valence-corrected chi connectivity index (χ0v) is 8.60. The van der Waals surface area contributed by atoms with Crippen molar-refractivity contribution < 1.29 is 13.2 Å².